The zero-order chi connectivity index (χ0) is 12.3. The maximum atomic E-state index is 6.05. The Bertz CT molecular complexity index is 529. The Morgan fingerprint density at radius 1 is 1.24 bits per heavy atom. The van der Waals surface area contributed by atoms with E-state index in [4.69, 9.17) is 23.2 Å². The highest BCUT2D eigenvalue weighted by molar-refractivity contribution is 6.33. The molecule has 2 aromatic rings. The van der Waals surface area contributed by atoms with Crippen LogP contribution < -0.4 is 0 Å². The summed E-state index contributed by atoms with van der Waals surface area (Å²) < 4.78 is 0. The van der Waals surface area contributed by atoms with Crippen LogP contribution in [0.2, 0.25) is 10.2 Å². The molecule has 3 nitrogen and oxygen atoms in total. The van der Waals surface area contributed by atoms with Gasteiger partial charge in [0, 0.05) is 11.9 Å². The Kier molecular flexibility index (Phi) is 3.92. The number of rotatable bonds is 3. The maximum absolute atomic E-state index is 6.05. The highest BCUT2D eigenvalue weighted by Gasteiger charge is 2.10. The Morgan fingerprint density at radius 2 is 2.06 bits per heavy atom. The van der Waals surface area contributed by atoms with Crippen LogP contribution in [0.25, 0.3) is 11.5 Å². The van der Waals surface area contributed by atoms with E-state index in [1.165, 1.54) is 0 Å². The first-order valence-corrected chi connectivity index (χ1v) is 6.10. The van der Waals surface area contributed by atoms with Crippen molar-refractivity contribution >= 4 is 23.2 Å². The summed E-state index contributed by atoms with van der Waals surface area (Å²) in [6, 6.07) is 5.29. The van der Waals surface area contributed by atoms with E-state index < -0.39 is 0 Å². The zero-order valence-corrected chi connectivity index (χ0v) is 10.8. The van der Waals surface area contributed by atoms with Crippen LogP contribution in [0.15, 0.2) is 24.4 Å². The molecule has 0 bridgehead atoms. The number of nitrogens with zero attached hydrogens (tertiary/aromatic N) is 3. The molecule has 17 heavy (non-hydrogen) atoms. The molecule has 0 amide bonds. The lowest BCUT2D eigenvalue weighted by Crippen LogP contribution is -1.98. The standard InChI is InChI=1S/C12H11Cl2N3/c1-2-4-8-7-10(14)17-12(16-8)11-9(13)5-3-6-15-11/h3,5-7H,2,4H2,1H3. The molecule has 0 N–H and O–H groups in total. The summed E-state index contributed by atoms with van der Waals surface area (Å²) in [6.07, 6.45) is 3.52. The minimum absolute atomic E-state index is 0.417. The van der Waals surface area contributed by atoms with Crippen molar-refractivity contribution in [3.8, 4) is 11.5 Å². The molecule has 0 unspecified atom stereocenters. The topological polar surface area (TPSA) is 38.7 Å². The molecular weight excluding hydrogens is 257 g/mol. The van der Waals surface area contributed by atoms with E-state index >= 15 is 0 Å². The predicted octanol–water partition coefficient (Wildman–Crippen LogP) is 3.80. The molecule has 0 saturated carbocycles. The van der Waals surface area contributed by atoms with Crippen molar-refractivity contribution in [2.75, 3.05) is 0 Å². The first-order chi connectivity index (χ1) is 8.20. The molecule has 0 atom stereocenters. The summed E-state index contributed by atoms with van der Waals surface area (Å²) in [4.78, 5) is 12.7. The summed E-state index contributed by atoms with van der Waals surface area (Å²) in [6.45, 7) is 2.09. The number of hydrogen-bond acceptors (Lipinski definition) is 3. The summed E-state index contributed by atoms with van der Waals surface area (Å²) in [5, 5.41) is 0.942. The van der Waals surface area contributed by atoms with E-state index in [1.54, 1.807) is 24.4 Å². The lowest BCUT2D eigenvalue weighted by Gasteiger charge is -2.04. The maximum Gasteiger partial charge on any atom is 0.181 e. The van der Waals surface area contributed by atoms with Gasteiger partial charge in [0.1, 0.15) is 10.8 Å². The molecule has 0 aliphatic rings. The third-order valence-electron chi connectivity index (χ3n) is 2.22. The van der Waals surface area contributed by atoms with Crippen LogP contribution in [0, 0.1) is 0 Å². The van der Waals surface area contributed by atoms with Crippen molar-refractivity contribution in [2.45, 2.75) is 19.8 Å². The fraction of sp³-hybridized carbons (Fsp3) is 0.250. The fourth-order valence-corrected chi connectivity index (χ4v) is 1.92. The SMILES string of the molecule is CCCc1cc(Cl)nc(-c2ncccc2Cl)n1. The Labute approximate surface area is 110 Å². The van der Waals surface area contributed by atoms with Crippen molar-refractivity contribution in [2.24, 2.45) is 0 Å². The van der Waals surface area contributed by atoms with Crippen LogP contribution in [-0.2, 0) is 6.42 Å². The lowest BCUT2D eigenvalue weighted by atomic mass is 10.2. The van der Waals surface area contributed by atoms with Crippen LogP contribution in [-0.4, -0.2) is 15.0 Å². The van der Waals surface area contributed by atoms with Gasteiger partial charge in [-0.25, -0.2) is 9.97 Å². The van der Waals surface area contributed by atoms with Crippen molar-refractivity contribution in [1.29, 1.82) is 0 Å². The molecule has 2 aromatic heterocycles. The second-order valence-corrected chi connectivity index (χ2v) is 4.38. The van der Waals surface area contributed by atoms with E-state index in [2.05, 4.69) is 21.9 Å². The molecule has 5 heteroatoms. The molecule has 0 saturated heterocycles. The van der Waals surface area contributed by atoms with E-state index in [9.17, 15) is 0 Å². The number of hydrogen-bond donors (Lipinski definition) is 0. The van der Waals surface area contributed by atoms with Gasteiger partial charge in [-0.15, -0.1) is 0 Å². The molecular formula is C12H11Cl2N3. The molecule has 0 aliphatic heterocycles. The average molecular weight is 268 g/mol. The van der Waals surface area contributed by atoms with Gasteiger partial charge in [0.05, 0.1) is 5.02 Å². The van der Waals surface area contributed by atoms with Crippen molar-refractivity contribution in [3.63, 3.8) is 0 Å². The van der Waals surface area contributed by atoms with E-state index in [0.29, 0.717) is 21.7 Å². The number of pyridine rings is 1. The van der Waals surface area contributed by atoms with Crippen LogP contribution >= 0.6 is 23.2 Å². The average Bonchev–Trinajstić information content (AvgIpc) is 2.29. The molecule has 88 valence electrons. The summed E-state index contributed by atoms with van der Waals surface area (Å²) >= 11 is 12.0. The second kappa shape index (κ2) is 5.43. The first-order valence-electron chi connectivity index (χ1n) is 5.35. The molecule has 0 aliphatic carbocycles. The Balaban J connectivity index is 2.48. The van der Waals surface area contributed by atoms with E-state index in [-0.39, 0.29) is 0 Å². The summed E-state index contributed by atoms with van der Waals surface area (Å²) in [5.41, 5.74) is 1.47. The van der Waals surface area contributed by atoms with E-state index in [0.717, 1.165) is 18.5 Å². The smallest absolute Gasteiger partial charge is 0.181 e. The van der Waals surface area contributed by atoms with Gasteiger partial charge in [0.2, 0.25) is 0 Å². The monoisotopic (exact) mass is 267 g/mol. The molecule has 2 heterocycles. The lowest BCUT2D eigenvalue weighted by molar-refractivity contribution is 0.874. The van der Waals surface area contributed by atoms with E-state index in [1.807, 2.05) is 0 Å². The highest BCUT2D eigenvalue weighted by Crippen LogP contribution is 2.23. The summed E-state index contributed by atoms with van der Waals surface area (Å²) in [5.74, 6) is 0.478. The van der Waals surface area contributed by atoms with Crippen molar-refractivity contribution in [3.05, 3.63) is 40.3 Å². The van der Waals surface area contributed by atoms with Gasteiger partial charge in [-0.05, 0) is 24.6 Å². The molecule has 2 rings (SSSR count). The van der Waals surface area contributed by atoms with Gasteiger partial charge in [-0.3, -0.25) is 4.98 Å². The minimum Gasteiger partial charge on any atom is -0.251 e. The molecule has 0 radical (unpaired) electrons. The number of halogens is 2. The van der Waals surface area contributed by atoms with Crippen LogP contribution in [0.3, 0.4) is 0 Å². The number of aromatic nitrogens is 3. The van der Waals surface area contributed by atoms with Crippen LogP contribution in [0.5, 0.6) is 0 Å². The molecule has 0 spiro atoms. The molecule has 0 aromatic carbocycles. The quantitative estimate of drug-likeness (QED) is 0.795. The highest BCUT2D eigenvalue weighted by atomic mass is 35.5. The minimum atomic E-state index is 0.417. The van der Waals surface area contributed by atoms with Gasteiger partial charge in [0.15, 0.2) is 5.82 Å². The largest absolute Gasteiger partial charge is 0.251 e. The van der Waals surface area contributed by atoms with Gasteiger partial charge in [-0.2, -0.15) is 0 Å². The summed E-state index contributed by atoms with van der Waals surface area (Å²) in [7, 11) is 0. The van der Waals surface area contributed by atoms with Crippen molar-refractivity contribution < 1.29 is 0 Å². The first kappa shape index (κ1) is 12.3. The second-order valence-electron chi connectivity index (χ2n) is 3.59. The normalized spacial score (nSPS) is 10.5. The fourth-order valence-electron chi connectivity index (χ4n) is 1.50. The van der Waals surface area contributed by atoms with Crippen molar-refractivity contribution in [1.82, 2.24) is 15.0 Å². The Morgan fingerprint density at radius 3 is 2.76 bits per heavy atom. The Hall–Kier alpha value is -1.19. The van der Waals surface area contributed by atoms with Gasteiger partial charge in [0.25, 0.3) is 0 Å². The van der Waals surface area contributed by atoms with Gasteiger partial charge < -0.3 is 0 Å². The van der Waals surface area contributed by atoms with Gasteiger partial charge in [-0.1, -0.05) is 36.5 Å². The van der Waals surface area contributed by atoms with Crippen LogP contribution in [0.4, 0.5) is 0 Å². The predicted molar refractivity (Wildman–Crippen MR) is 69.3 cm³/mol. The number of aryl methyl sites for hydroxylation is 1. The van der Waals surface area contributed by atoms with Gasteiger partial charge >= 0.3 is 0 Å². The third kappa shape index (κ3) is 2.93. The molecule has 0 fully saturated rings. The zero-order valence-electron chi connectivity index (χ0n) is 9.32. The van der Waals surface area contributed by atoms with Crippen LogP contribution in [0.1, 0.15) is 19.0 Å². The third-order valence-corrected chi connectivity index (χ3v) is 2.72.